The van der Waals surface area contributed by atoms with Crippen molar-refractivity contribution in [2.45, 2.75) is 13.8 Å². The van der Waals surface area contributed by atoms with Crippen LogP contribution in [0.25, 0.3) is 0 Å². The predicted molar refractivity (Wildman–Crippen MR) is 57.4 cm³/mol. The van der Waals surface area contributed by atoms with Crippen LogP contribution in [0.1, 0.15) is 13.8 Å². The van der Waals surface area contributed by atoms with Gasteiger partial charge in [0.15, 0.2) is 11.6 Å². The lowest BCUT2D eigenvalue weighted by Gasteiger charge is -2.33. The fraction of sp³-hybridized carbons (Fsp3) is 0.455. The van der Waals surface area contributed by atoms with Gasteiger partial charge in [-0.3, -0.25) is 0 Å². The van der Waals surface area contributed by atoms with E-state index in [2.05, 4.69) is 0 Å². The Bertz CT molecular complexity index is 386. The maximum absolute atomic E-state index is 13.0. The van der Waals surface area contributed by atoms with Gasteiger partial charge in [-0.15, -0.1) is 0 Å². The van der Waals surface area contributed by atoms with Gasteiger partial charge in [0.1, 0.15) is 0 Å². The smallest absolute Gasteiger partial charge is 0.407 e. The van der Waals surface area contributed by atoms with E-state index in [0.717, 1.165) is 12.1 Å². The lowest BCUT2D eigenvalue weighted by atomic mass is 9.76. The van der Waals surface area contributed by atoms with Crippen LogP contribution in [0.5, 0.6) is 0 Å². The second-order valence-corrected chi connectivity index (χ2v) is 4.79. The molecule has 0 unspecified atom stereocenters. The number of halogens is 2. The Morgan fingerprint density at radius 2 is 1.75 bits per heavy atom. The average molecular weight is 226 g/mol. The van der Waals surface area contributed by atoms with Gasteiger partial charge in [-0.05, 0) is 17.6 Å². The van der Waals surface area contributed by atoms with Crippen LogP contribution < -0.4 is 5.46 Å². The number of hydrogen-bond acceptors (Lipinski definition) is 2. The molecule has 1 aliphatic heterocycles. The Morgan fingerprint density at radius 3 is 2.31 bits per heavy atom. The van der Waals surface area contributed by atoms with Crippen molar-refractivity contribution < 1.29 is 18.1 Å². The molecule has 0 saturated carbocycles. The first kappa shape index (κ1) is 11.5. The highest BCUT2D eigenvalue weighted by Gasteiger charge is 2.33. The molecule has 0 atom stereocenters. The summed E-state index contributed by atoms with van der Waals surface area (Å²) in [6.45, 7) is 5.12. The molecule has 0 radical (unpaired) electrons. The molecule has 0 N–H and O–H groups in total. The average Bonchev–Trinajstić information content (AvgIpc) is 2.22. The molecule has 1 fully saturated rings. The van der Waals surface area contributed by atoms with Crippen LogP contribution in [0.15, 0.2) is 18.2 Å². The Morgan fingerprint density at radius 1 is 1.12 bits per heavy atom. The first-order chi connectivity index (χ1) is 7.48. The van der Waals surface area contributed by atoms with Crippen molar-refractivity contribution >= 4 is 12.6 Å². The minimum absolute atomic E-state index is 0.0327. The Kier molecular flexibility index (Phi) is 2.99. The van der Waals surface area contributed by atoms with Crippen LogP contribution in [0.3, 0.4) is 0 Å². The maximum atomic E-state index is 13.0. The summed E-state index contributed by atoms with van der Waals surface area (Å²) in [5.74, 6) is -1.74. The number of rotatable bonds is 1. The summed E-state index contributed by atoms with van der Waals surface area (Å²) in [4.78, 5) is 0. The maximum Gasteiger partial charge on any atom is 0.494 e. The minimum Gasteiger partial charge on any atom is -0.407 e. The Hall–Kier alpha value is -0.935. The zero-order chi connectivity index (χ0) is 11.8. The summed E-state index contributed by atoms with van der Waals surface area (Å²) in [7, 11) is -0.594. The van der Waals surface area contributed by atoms with Crippen LogP contribution in [0, 0.1) is 17.0 Å². The number of hydrogen-bond donors (Lipinski definition) is 0. The number of benzene rings is 1. The lowest BCUT2D eigenvalue weighted by molar-refractivity contribution is 0.0343. The predicted octanol–water partition coefficient (Wildman–Crippen LogP) is 1.73. The molecular formula is C11H13BF2O2. The molecule has 16 heavy (non-hydrogen) atoms. The highest BCUT2D eigenvalue weighted by atomic mass is 19.2. The molecular weight excluding hydrogens is 213 g/mol. The summed E-state index contributed by atoms with van der Waals surface area (Å²) < 4.78 is 36.7. The molecule has 5 heteroatoms. The van der Waals surface area contributed by atoms with Crippen molar-refractivity contribution in [2.75, 3.05) is 13.2 Å². The van der Waals surface area contributed by atoms with Gasteiger partial charge in [-0.1, -0.05) is 19.9 Å². The molecule has 2 nitrogen and oxygen atoms in total. The molecule has 0 aliphatic carbocycles. The monoisotopic (exact) mass is 226 g/mol. The third-order valence-corrected chi connectivity index (χ3v) is 2.47. The van der Waals surface area contributed by atoms with E-state index in [1.54, 1.807) is 0 Å². The van der Waals surface area contributed by atoms with Crippen LogP contribution >= 0.6 is 0 Å². The van der Waals surface area contributed by atoms with Crippen molar-refractivity contribution in [3.63, 3.8) is 0 Å². The third-order valence-electron chi connectivity index (χ3n) is 2.47. The summed E-state index contributed by atoms with van der Waals surface area (Å²) >= 11 is 0. The summed E-state index contributed by atoms with van der Waals surface area (Å²) in [5, 5.41) is 0. The van der Waals surface area contributed by atoms with Gasteiger partial charge in [0.2, 0.25) is 0 Å². The van der Waals surface area contributed by atoms with Crippen molar-refractivity contribution in [1.82, 2.24) is 0 Å². The van der Waals surface area contributed by atoms with Crippen LogP contribution in [0.2, 0.25) is 0 Å². The normalized spacial score (nSPS) is 19.9. The van der Waals surface area contributed by atoms with Gasteiger partial charge < -0.3 is 9.31 Å². The Labute approximate surface area is 93.7 Å². The van der Waals surface area contributed by atoms with E-state index >= 15 is 0 Å². The first-order valence-electron chi connectivity index (χ1n) is 5.16. The quantitative estimate of drug-likeness (QED) is 0.679. The van der Waals surface area contributed by atoms with E-state index in [9.17, 15) is 8.78 Å². The fourth-order valence-corrected chi connectivity index (χ4v) is 1.54. The molecule has 1 aromatic carbocycles. The van der Waals surface area contributed by atoms with Gasteiger partial charge in [0, 0.05) is 18.6 Å². The second-order valence-electron chi connectivity index (χ2n) is 4.79. The van der Waals surface area contributed by atoms with Gasteiger partial charge >= 0.3 is 7.12 Å². The van der Waals surface area contributed by atoms with E-state index in [-0.39, 0.29) is 5.41 Å². The summed E-state index contributed by atoms with van der Waals surface area (Å²) in [6, 6.07) is 3.66. The largest absolute Gasteiger partial charge is 0.494 e. The topological polar surface area (TPSA) is 18.5 Å². The van der Waals surface area contributed by atoms with Crippen molar-refractivity contribution in [3.8, 4) is 0 Å². The van der Waals surface area contributed by atoms with Crippen LogP contribution in [0.4, 0.5) is 8.78 Å². The lowest BCUT2D eigenvalue weighted by Crippen LogP contribution is -2.47. The summed E-state index contributed by atoms with van der Waals surface area (Å²) in [5.41, 5.74) is 0.476. The molecule has 1 aliphatic rings. The highest BCUT2D eigenvalue weighted by Crippen LogP contribution is 2.21. The third kappa shape index (κ3) is 2.41. The van der Waals surface area contributed by atoms with E-state index in [1.807, 2.05) is 13.8 Å². The molecule has 1 heterocycles. The molecule has 2 rings (SSSR count). The van der Waals surface area contributed by atoms with Crippen molar-refractivity contribution in [1.29, 1.82) is 0 Å². The molecule has 86 valence electrons. The highest BCUT2D eigenvalue weighted by molar-refractivity contribution is 6.61. The second kappa shape index (κ2) is 4.15. The van der Waals surface area contributed by atoms with Crippen molar-refractivity contribution in [3.05, 3.63) is 29.8 Å². The zero-order valence-corrected chi connectivity index (χ0v) is 9.30. The van der Waals surface area contributed by atoms with Gasteiger partial charge in [-0.25, -0.2) is 8.78 Å². The zero-order valence-electron chi connectivity index (χ0n) is 9.30. The van der Waals surface area contributed by atoms with Gasteiger partial charge in [0.25, 0.3) is 0 Å². The van der Waals surface area contributed by atoms with E-state index in [0.29, 0.717) is 18.7 Å². The molecule has 0 bridgehead atoms. The standard InChI is InChI=1S/C11H13BF2O2/c1-11(2)6-15-12(16-7-11)8-3-4-9(13)10(14)5-8/h3-5H,6-7H2,1-2H3. The van der Waals surface area contributed by atoms with Crippen molar-refractivity contribution in [2.24, 2.45) is 5.41 Å². The molecule has 1 saturated heterocycles. The molecule has 1 aromatic rings. The molecule has 0 amide bonds. The fourth-order valence-electron chi connectivity index (χ4n) is 1.54. The molecule has 0 aromatic heterocycles. The van der Waals surface area contributed by atoms with E-state index in [4.69, 9.17) is 9.31 Å². The summed E-state index contributed by atoms with van der Waals surface area (Å²) in [6.07, 6.45) is 0. The van der Waals surface area contributed by atoms with Gasteiger partial charge in [0.05, 0.1) is 0 Å². The van der Waals surface area contributed by atoms with E-state index in [1.165, 1.54) is 6.07 Å². The van der Waals surface area contributed by atoms with E-state index < -0.39 is 18.8 Å². The first-order valence-corrected chi connectivity index (χ1v) is 5.16. The SMILES string of the molecule is CC1(C)COB(c2ccc(F)c(F)c2)OC1. The molecule has 0 spiro atoms. The van der Waals surface area contributed by atoms with Crippen LogP contribution in [-0.4, -0.2) is 20.3 Å². The minimum atomic E-state index is -0.880. The van der Waals surface area contributed by atoms with Crippen LogP contribution in [-0.2, 0) is 9.31 Å². The van der Waals surface area contributed by atoms with Gasteiger partial charge in [-0.2, -0.15) is 0 Å². The Balaban J connectivity index is 2.11.